The standard InChI is InChI=1S/C23H32N6S/c1-18(19-11-5-4-6-12-19)24-23(30)27-22-25-20(28-13-7-2-3-8-14-28)17-21(26-22)29-15-9-10-16-29/h4-6,11-12,17-18H,2-3,7-10,13-16H2,1H3,(H2,24,25,26,27,30). The van der Waals surface area contributed by atoms with Crippen LogP contribution in [0.25, 0.3) is 0 Å². The molecule has 0 aliphatic carbocycles. The second-order valence-electron chi connectivity index (χ2n) is 8.23. The largest absolute Gasteiger partial charge is 0.356 e. The van der Waals surface area contributed by atoms with Crippen LogP contribution in [0.2, 0.25) is 0 Å². The number of hydrogen-bond donors (Lipinski definition) is 2. The fraction of sp³-hybridized carbons (Fsp3) is 0.522. The maximum absolute atomic E-state index is 5.58. The first-order valence-corrected chi connectivity index (χ1v) is 11.6. The highest BCUT2D eigenvalue weighted by atomic mass is 32.1. The van der Waals surface area contributed by atoms with Crippen LogP contribution in [0, 0.1) is 0 Å². The molecule has 1 aromatic heterocycles. The Bertz CT molecular complexity index is 829. The number of hydrogen-bond acceptors (Lipinski definition) is 5. The first-order valence-electron chi connectivity index (χ1n) is 11.2. The highest BCUT2D eigenvalue weighted by Gasteiger charge is 2.19. The van der Waals surface area contributed by atoms with Gasteiger partial charge >= 0.3 is 0 Å². The average Bonchev–Trinajstić information content (AvgIpc) is 3.16. The number of thiocarbonyl (C=S) groups is 1. The summed E-state index contributed by atoms with van der Waals surface area (Å²) in [6, 6.07) is 12.6. The van der Waals surface area contributed by atoms with E-state index in [2.05, 4.69) is 45.6 Å². The number of nitrogens with zero attached hydrogens (tertiary/aromatic N) is 4. The van der Waals surface area contributed by atoms with Crippen molar-refractivity contribution in [2.24, 2.45) is 0 Å². The highest BCUT2D eigenvalue weighted by molar-refractivity contribution is 7.80. The Morgan fingerprint density at radius 2 is 1.40 bits per heavy atom. The molecule has 1 unspecified atom stereocenters. The van der Waals surface area contributed by atoms with Crippen LogP contribution in [-0.4, -0.2) is 41.3 Å². The number of aromatic nitrogens is 2. The average molecular weight is 425 g/mol. The molecule has 160 valence electrons. The van der Waals surface area contributed by atoms with Gasteiger partial charge < -0.3 is 20.4 Å². The summed E-state index contributed by atoms with van der Waals surface area (Å²) in [6.07, 6.45) is 7.50. The summed E-state index contributed by atoms with van der Waals surface area (Å²) in [5.74, 6) is 2.59. The van der Waals surface area contributed by atoms with Crippen molar-refractivity contribution >= 4 is 34.9 Å². The third kappa shape index (κ3) is 5.39. The van der Waals surface area contributed by atoms with Gasteiger partial charge in [0.15, 0.2) is 5.11 Å². The zero-order valence-corrected chi connectivity index (χ0v) is 18.6. The van der Waals surface area contributed by atoms with Gasteiger partial charge in [-0.1, -0.05) is 43.2 Å². The van der Waals surface area contributed by atoms with E-state index in [4.69, 9.17) is 22.2 Å². The van der Waals surface area contributed by atoms with Crippen LogP contribution >= 0.6 is 12.2 Å². The van der Waals surface area contributed by atoms with Gasteiger partial charge in [0.1, 0.15) is 11.6 Å². The van der Waals surface area contributed by atoms with Crippen molar-refractivity contribution in [2.75, 3.05) is 41.3 Å². The lowest BCUT2D eigenvalue weighted by molar-refractivity contribution is 0.722. The zero-order chi connectivity index (χ0) is 20.8. The quantitative estimate of drug-likeness (QED) is 0.685. The summed E-state index contributed by atoms with van der Waals surface area (Å²) in [5.41, 5.74) is 1.19. The minimum Gasteiger partial charge on any atom is -0.356 e. The fourth-order valence-electron chi connectivity index (χ4n) is 4.21. The highest BCUT2D eigenvalue weighted by Crippen LogP contribution is 2.26. The molecule has 2 aliphatic heterocycles. The molecule has 2 saturated heterocycles. The van der Waals surface area contributed by atoms with Crippen LogP contribution in [0.3, 0.4) is 0 Å². The lowest BCUT2D eigenvalue weighted by atomic mass is 10.1. The Morgan fingerprint density at radius 3 is 1.97 bits per heavy atom. The lowest BCUT2D eigenvalue weighted by Crippen LogP contribution is -2.32. The number of nitrogens with one attached hydrogen (secondary N) is 2. The van der Waals surface area contributed by atoms with E-state index < -0.39 is 0 Å². The second-order valence-corrected chi connectivity index (χ2v) is 8.64. The molecule has 0 amide bonds. The van der Waals surface area contributed by atoms with Gasteiger partial charge in [0.2, 0.25) is 5.95 Å². The molecule has 2 fully saturated rings. The minimum atomic E-state index is 0.109. The van der Waals surface area contributed by atoms with Crippen molar-refractivity contribution in [3.63, 3.8) is 0 Å². The molecule has 30 heavy (non-hydrogen) atoms. The SMILES string of the molecule is CC(NC(=S)Nc1nc(N2CCCCCC2)cc(N2CCCC2)n1)c1ccccc1. The van der Waals surface area contributed by atoms with Crippen LogP contribution in [0.5, 0.6) is 0 Å². The normalized spacial score (nSPS) is 18.0. The van der Waals surface area contributed by atoms with E-state index in [0.29, 0.717) is 11.1 Å². The topological polar surface area (TPSA) is 56.3 Å². The van der Waals surface area contributed by atoms with Crippen LogP contribution in [0.1, 0.15) is 57.1 Å². The smallest absolute Gasteiger partial charge is 0.232 e. The van der Waals surface area contributed by atoms with Crippen molar-refractivity contribution in [3.8, 4) is 0 Å². The Kier molecular flexibility index (Phi) is 7.00. The van der Waals surface area contributed by atoms with Gasteiger partial charge in [-0.05, 0) is 50.4 Å². The summed E-state index contributed by atoms with van der Waals surface area (Å²) >= 11 is 5.58. The summed E-state index contributed by atoms with van der Waals surface area (Å²) in [6.45, 7) is 6.34. The van der Waals surface area contributed by atoms with Gasteiger partial charge in [-0.25, -0.2) is 0 Å². The Morgan fingerprint density at radius 1 is 0.867 bits per heavy atom. The molecule has 2 N–H and O–H groups in total. The van der Waals surface area contributed by atoms with Gasteiger partial charge in [0.25, 0.3) is 0 Å². The van der Waals surface area contributed by atoms with E-state index in [-0.39, 0.29) is 6.04 Å². The van der Waals surface area contributed by atoms with Crippen LogP contribution < -0.4 is 20.4 Å². The van der Waals surface area contributed by atoms with E-state index in [0.717, 1.165) is 37.8 Å². The summed E-state index contributed by atoms with van der Waals surface area (Å²) in [4.78, 5) is 14.4. The monoisotopic (exact) mass is 424 g/mol. The summed E-state index contributed by atoms with van der Waals surface area (Å²) < 4.78 is 0. The molecule has 4 rings (SSSR count). The maximum Gasteiger partial charge on any atom is 0.232 e. The molecule has 0 saturated carbocycles. The van der Waals surface area contributed by atoms with Crippen molar-refractivity contribution < 1.29 is 0 Å². The minimum absolute atomic E-state index is 0.109. The van der Waals surface area contributed by atoms with Gasteiger partial charge in [-0.3, -0.25) is 0 Å². The molecule has 7 heteroatoms. The van der Waals surface area contributed by atoms with Gasteiger partial charge in [-0.2, -0.15) is 9.97 Å². The van der Waals surface area contributed by atoms with Crippen molar-refractivity contribution in [3.05, 3.63) is 42.0 Å². The predicted molar refractivity (Wildman–Crippen MR) is 128 cm³/mol. The summed E-state index contributed by atoms with van der Waals surface area (Å²) in [7, 11) is 0. The molecule has 0 radical (unpaired) electrons. The van der Waals surface area contributed by atoms with Crippen LogP contribution in [0.15, 0.2) is 36.4 Å². The molecule has 1 aromatic carbocycles. The van der Waals surface area contributed by atoms with Crippen LogP contribution in [-0.2, 0) is 0 Å². The molecule has 2 aromatic rings. The predicted octanol–water partition coefficient (Wildman–Crippen LogP) is 4.50. The van der Waals surface area contributed by atoms with Crippen molar-refractivity contribution in [1.82, 2.24) is 15.3 Å². The maximum atomic E-state index is 5.58. The zero-order valence-electron chi connectivity index (χ0n) is 17.8. The molecular weight excluding hydrogens is 392 g/mol. The Labute approximate surface area is 185 Å². The molecule has 0 spiro atoms. The van der Waals surface area contributed by atoms with Crippen molar-refractivity contribution in [1.29, 1.82) is 0 Å². The molecular formula is C23H32N6S. The van der Waals surface area contributed by atoms with E-state index in [1.165, 1.54) is 44.1 Å². The van der Waals surface area contributed by atoms with E-state index in [1.807, 2.05) is 18.2 Å². The first kappa shape index (κ1) is 20.8. The third-order valence-electron chi connectivity index (χ3n) is 5.93. The lowest BCUT2D eigenvalue weighted by Gasteiger charge is -2.25. The fourth-order valence-corrected chi connectivity index (χ4v) is 4.48. The number of rotatable bonds is 5. The van der Waals surface area contributed by atoms with E-state index in [1.54, 1.807) is 0 Å². The Balaban J connectivity index is 1.51. The van der Waals surface area contributed by atoms with Crippen molar-refractivity contribution in [2.45, 2.75) is 51.5 Å². The van der Waals surface area contributed by atoms with Gasteiger partial charge in [-0.15, -0.1) is 0 Å². The molecule has 6 nitrogen and oxygen atoms in total. The molecule has 2 aliphatic rings. The van der Waals surface area contributed by atoms with Gasteiger partial charge in [0, 0.05) is 32.2 Å². The van der Waals surface area contributed by atoms with Gasteiger partial charge in [0.05, 0.1) is 6.04 Å². The third-order valence-corrected chi connectivity index (χ3v) is 6.15. The summed E-state index contributed by atoms with van der Waals surface area (Å²) in [5, 5.41) is 7.15. The number of benzene rings is 1. The first-order chi connectivity index (χ1) is 14.7. The molecule has 0 bridgehead atoms. The van der Waals surface area contributed by atoms with E-state index in [9.17, 15) is 0 Å². The molecule has 3 heterocycles. The molecule has 1 atom stereocenters. The van der Waals surface area contributed by atoms with Crippen LogP contribution in [0.4, 0.5) is 17.6 Å². The Hall–Kier alpha value is -2.41. The number of anilines is 3. The van der Waals surface area contributed by atoms with E-state index >= 15 is 0 Å². The second kappa shape index (κ2) is 10.1.